The molecule has 0 aliphatic heterocycles. The van der Waals surface area contributed by atoms with Crippen molar-refractivity contribution < 1.29 is 9.47 Å². The van der Waals surface area contributed by atoms with Crippen LogP contribution in [-0.2, 0) is 6.54 Å². The van der Waals surface area contributed by atoms with Gasteiger partial charge in [0.2, 0.25) is 0 Å². The summed E-state index contributed by atoms with van der Waals surface area (Å²) in [5.41, 5.74) is 9.54. The molecule has 2 rings (SSSR count). The topological polar surface area (TPSA) is 69.4 Å². The molecule has 0 fully saturated rings. The average molecular weight is 273 g/mol. The van der Waals surface area contributed by atoms with Crippen molar-refractivity contribution in [2.45, 2.75) is 13.5 Å². The van der Waals surface area contributed by atoms with E-state index < -0.39 is 0 Å². The molecule has 0 amide bonds. The van der Waals surface area contributed by atoms with Crippen LogP contribution in [0.1, 0.15) is 11.3 Å². The first-order valence-electron chi connectivity index (χ1n) is 6.31. The zero-order valence-electron chi connectivity index (χ0n) is 11.9. The van der Waals surface area contributed by atoms with E-state index in [1.165, 1.54) is 0 Å². The molecule has 0 spiro atoms. The molecule has 2 aromatic rings. The second-order valence-electron chi connectivity index (χ2n) is 4.41. The van der Waals surface area contributed by atoms with Crippen LogP contribution >= 0.6 is 0 Å². The number of hydrogen-bond acceptors (Lipinski definition) is 5. The van der Waals surface area contributed by atoms with Gasteiger partial charge in [-0.25, -0.2) is 0 Å². The predicted molar refractivity (Wildman–Crippen MR) is 80.3 cm³/mol. The van der Waals surface area contributed by atoms with Crippen molar-refractivity contribution in [3.8, 4) is 11.5 Å². The minimum absolute atomic E-state index is 0.604. The summed E-state index contributed by atoms with van der Waals surface area (Å²) in [7, 11) is 3.18. The number of hydrogen-bond donors (Lipinski definition) is 2. The summed E-state index contributed by atoms with van der Waals surface area (Å²) in [4.78, 5) is 4.34. The lowest BCUT2D eigenvalue weighted by molar-refractivity contribution is 0.355. The van der Waals surface area contributed by atoms with Crippen molar-refractivity contribution in [1.82, 2.24) is 4.98 Å². The Morgan fingerprint density at radius 3 is 2.55 bits per heavy atom. The molecule has 3 N–H and O–H groups in total. The monoisotopic (exact) mass is 273 g/mol. The lowest BCUT2D eigenvalue weighted by Crippen LogP contribution is -2.06. The van der Waals surface area contributed by atoms with Crippen LogP contribution in [0, 0.1) is 6.92 Å². The van der Waals surface area contributed by atoms with Gasteiger partial charge in [0.1, 0.15) is 0 Å². The first-order valence-corrected chi connectivity index (χ1v) is 6.31. The van der Waals surface area contributed by atoms with Gasteiger partial charge in [0.05, 0.1) is 37.8 Å². The van der Waals surface area contributed by atoms with Crippen molar-refractivity contribution >= 4 is 11.4 Å². The summed E-state index contributed by atoms with van der Waals surface area (Å²) in [5, 5.41) is 3.27. The quantitative estimate of drug-likeness (QED) is 0.819. The third-order valence-corrected chi connectivity index (χ3v) is 3.12. The zero-order chi connectivity index (χ0) is 14.5. The third-order valence-electron chi connectivity index (χ3n) is 3.12. The molecular formula is C15H19N3O2. The number of nitrogen functional groups attached to an aromatic ring is 1. The Morgan fingerprint density at radius 2 is 1.90 bits per heavy atom. The van der Waals surface area contributed by atoms with Crippen LogP contribution in [0.25, 0.3) is 0 Å². The van der Waals surface area contributed by atoms with E-state index in [-0.39, 0.29) is 0 Å². The smallest absolute Gasteiger partial charge is 0.162 e. The number of rotatable bonds is 5. The zero-order valence-corrected chi connectivity index (χ0v) is 11.9. The van der Waals surface area contributed by atoms with Crippen LogP contribution in [0.15, 0.2) is 30.5 Å². The van der Waals surface area contributed by atoms with E-state index >= 15 is 0 Å². The maximum Gasteiger partial charge on any atom is 0.162 e. The fraction of sp³-hybridized carbons (Fsp3) is 0.267. The summed E-state index contributed by atoms with van der Waals surface area (Å²) in [5.74, 6) is 1.26. The molecule has 0 bridgehead atoms. The molecule has 0 saturated carbocycles. The number of nitrogens with zero attached hydrogens (tertiary/aromatic N) is 1. The summed E-state index contributed by atoms with van der Waals surface area (Å²) in [6.07, 6.45) is 1.78. The van der Waals surface area contributed by atoms with E-state index in [0.717, 1.165) is 16.9 Å². The normalized spacial score (nSPS) is 10.2. The fourth-order valence-electron chi connectivity index (χ4n) is 1.93. The number of nitrogens with two attached hydrogens (primary N) is 1. The number of methoxy groups -OCH3 is 2. The fourth-order valence-corrected chi connectivity index (χ4v) is 1.93. The number of anilines is 2. The molecule has 0 atom stereocenters. The molecule has 1 heterocycles. The third kappa shape index (κ3) is 2.93. The molecule has 1 aromatic carbocycles. The van der Waals surface area contributed by atoms with Crippen LogP contribution in [0.4, 0.5) is 11.4 Å². The second-order valence-corrected chi connectivity index (χ2v) is 4.41. The van der Waals surface area contributed by atoms with Gasteiger partial charge in [0, 0.05) is 18.3 Å². The number of nitrogens with one attached hydrogen (secondary N) is 1. The molecule has 0 aliphatic rings. The maximum absolute atomic E-state index is 6.00. The van der Waals surface area contributed by atoms with Gasteiger partial charge in [-0.15, -0.1) is 0 Å². The van der Waals surface area contributed by atoms with Gasteiger partial charge >= 0.3 is 0 Å². The van der Waals surface area contributed by atoms with Gasteiger partial charge in [-0.05, 0) is 18.6 Å². The van der Waals surface area contributed by atoms with Gasteiger partial charge in [-0.1, -0.05) is 6.07 Å². The maximum atomic E-state index is 6.00. The van der Waals surface area contributed by atoms with Crippen molar-refractivity contribution in [1.29, 1.82) is 0 Å². The van der Waals surface area contributed by atoms with Gasteiger partial charge in [0.25, 0.3) is 0 Å². The van der Waals surface area contributed by atoms with Crippen LogP contribution in [0.5, 0.6) is 11.5 Å². The van der Waals surface area contributed by atoms with Gasteiger partial charge in [-0.2, -0.15) is 0 Å². The van der Waals surface area contributed by atoms with E-state index in [4.69, 9.17) is 15.2 Å². The Kier molecular flexibility index (Phi) is 4.30. The number of aryl methyl sites for hydroxylation is 1. The van der Waals surface area contributed by atoms with E-state index in [2.05, 4.69) is 10.3 Å². The van der Waals surface area contributed by atoms with Gasteiger partial charge in [-0.3, -0.25) is 4.98 Å². The van der Waals surface area contributed by atoms with Crippen molar-refractivity contribution in [2.75, 3.05) is 25.3 Å². The van der Waals surface area contributed by atoms with Crippen LogP contribution < -0.4 is 20.5 Å². The summed E-state index contributed by atoms with van der Waals surface area (Å²) in [6, 6.07) is 7.52. The van der Waals surface area contributed by atoms with E-state index in [1.807, 2.05) is 25.1 Å². The van der Waals surface area contributed by atoms with E-state index in [0.29, 0.717) is 23.7 Å². The Morgan fingerprint density at radius 1 is 1.20 bits per heavy atom. The standard InChI is InChI=1S/C15H19N3O2/c1-10-5-4-6-17-13(10)9-18-12-8-15(20-3)14(19-2)7-11(12)16/h4-8,18H,9,16H2,1-3H3. The molecule has 1 aromatic heterocycles. The molecule has 0 aliphatic carbocycles. The molecule has 0 saturated heterocycles. The molecule has 20 heavy (non-hydrogen) atoms. The molecule has 0 unspecified atom stereocenters. The molecule has 5 nitrogen and oxygen atoms in total. The largest absolute Gasteiger partial charge is 0.493 e. The van der Waals surface area contributed by atoms with Crippen LogP contribution in [-0.4, -0.2) is 19.2 Å². The van der Waals surface area contributed by atoms with Crippen molar-refractivity contribution in [3.63, 3.8) is 0 Å². The van der Waals surface area contributed by atoms with Crippen LogP contribution in [0.2, 0.25) is 0 Å². The van der Waals surface area contributed by atoms with E-state index in [1.54, 1.807) is 26.5 Å². The minimum atomic E-state index is 0.604. The first kappa shape index (κ1) is 14.0. The SMILES string of the molecule is COc1cc(N)c(NCc2ncccc2C)cc1OC. The molecular weight excluding hydrogens is 254 g/mol. The molecule has 0 radical (unpaired) electrons. The Bertz CT molecular complexity index is 600. The molecule has 106 valence electrons. The van der Waals surface area contributed by atoms with Gasteiger partial charge in [0.15, 0.2) is 11.5 Å². The van der Waals surface area contributed by atoms with Crippen LogP contribution in [0.3, 0.4) is 0 Å². The molecule has 5 heteroatoms. The first-order chi connectivity index (χ1) is 9.65. The van der Waals surface area contributed by atoms with Crippen molar-refractivity contribution in [3.05, 3.63) is 41.7 Å². The Balaban J connectivity index is 2.19. The average Bonchev–Trinajstić information content (AvgIpc) is 2.47. The van der Waals surface area contributed by atoms with Gasteiger partial charge < -0.3 is 20.5 Å². The summed E-state index contributed by atoms with van der Waals surface area (Å²) >= 11 is 0. The highest BCUT2D eigenvalue weighted by atomic mass is 16.5. The minimum Gasteiger partial charge on any atom is -0.493 e. The Labute approximate surface area is 118 Å². The lowest BCUT2D eigenvalue weighted by atomic mass is 10.2. The Hall–Kier alpha value is -2.43. The lowest BCUT2D eigenvalue weighted by Gasteiger charge is -2.14. The highest BCUT2D eigenvalue weighted by Gasteiger charge is 2.09. The summed E-state index contributed by atoms with van der Waals surface area (Å²) in [6.45, 7) is 2.63. The number of aromatic nitrogens is 1. The number of pyridine rings is 1. The summed E-state index contributed by atoms with van der Waals surface area (Å²) < 4.78 is 10.5. The second kappa shape index (κ2) is 6.14. The predicted octanol–water partition coefficient (Wildman–Crippen LogP) is 2.60. The van der Waals surface area contributed by atoms with Crippen molar-refractivity contribution in [2.24, 2.45) is 0 Å². The number of benzene rings is 1. The number of ether oxygens (including phenoxy) is 2. The highest BCUT2D eigenvalue weighted by molar-refractivity contribution is 5.72. The van der Waals surface area contributed by atoms with E-state index in [9.17, 15) is 0 Å². The highest BCUT2D eigenvalue weighted by Crippen LogP contribution is 2.34.